The zero-order valence-corrected chi connectivity index (χ0v) is 17.5. The Kier molecular flexibility index (Phi) is 6.97. The van der Waals surface area contributed by atoms with Crippen molar-refractivity contribution in [1.29, 1.82) is 0 Å². The van der Waals surface area contributed by atoms with Crippen LogP contribution in [0.15, 0.2) is 84.9 Å². The molecule has 0 aromatic heterocycles. The third-order valence-electron chi connectivity index (χ3n) is 5.72. The molecule has 0 spiro atoms. The van der Waals surface area contributed by atoms with Gasteiger partial charge in [-0.05, 0) is 61.7 Å². The van der Waals surface area contributed by atoms with Crippen LogP contribution in [-0.4, -0.2) is 35.5 Å². The van der Waals surface area contributed by atoms with Gasteiger partial charge in [-0.2, -0.15) is 0 Å². The first kappa shape index (κ1) is 21.1. The maximum Gasteiger partial charge on any atom is 0.238 e. The Labute approximate surface area is 183 Å². The van der Waals surface area contributed by atoms with Crippen LogP contribution in [0.1, 0.15) is 24.5 Å². The van der Waals surface area contributed by atoms with Crippen molar-refractivity contribution >= 4 is 11.6 Å². The van der Waals surface area contributed by atoms with E-state index in [-0.39, 0.29) is 11.8 Å². The van der Waals surface area contributed by atoms with Crippen molar-refractivity contribution in [3.63, 3.8) is 0 Å². The summed E-state index contributed by atoms with van der Waals surface area (Å²) in [5.74, 6) is 1.50. The fraction of sp³-hybridized carbons (Fsp3) is 0.269. The van der Waals surface area contributed by atoms with E-state index in [0.717, 1.165) is 37.2 Å². The van der Waals surface area contributed by atoms with Crippen molar-refractivity contribution in [1.82, 2.24) is 4.90 Å². The molecule has 4 rings (SSSR count). The maximum absolute atomic E-state index is 12.7. The summed E-state index contributed by atoms with van der Waals surface area (Å²) in [6, 6.07) is 26.8. The van der Waals surface area contributed by atoms with E-state index in [1.54, 1.807) is 0 Å². The molecule has 1 amide bonds. The monoisotopic (exact) mass is 416 g/mol. The van der Waals surface area contributed by atoms with Gasteiger partial charge >= 0.3 is 0 Å². The van der Waals surface area contributed by atoms with Crippen LogP contribution in [0.4, 0.5) is 5.69 Å². The minimum atomic E-state index is -0.445. The molecule has 3 aromatic carbocycles. The number of nitrogens with one attached hydrogen (secondary N) is 1. The Morgan fingerprint density at radius 3 is 2.26 bits per heavy atom. The van der Waals surface area contributed by atoms with Crippen molar-refractivity contribution in [2.24, 2.45) is 5.92 Å². The molecule has 160 valence electrons. The Morgan fingerprint density at radius 1 is 0.935 bits per heavy atom. The maximum atomic E-state index is 12.7. The minimum absolute atomic E-state index is 0.0637. The first-order valence-electron chi connectivity index (χ1n) is 10.8. The molecule has 0 radical (unpaired) electrons. The van der Waals surface area contributed by atoms with Gasteiger partial charge in [0.05, 0.1) is 18.3 Å². The normalized spacial score (nSPS) is 15.9. The summed E-state index contributed by atoms with van der Waals surface area (Å²) in [5.41, 5.74) is 1.62. The molecule has 1 fully saturated rings. The molecule has 0 bridgehead atoms. The molecule has 1 saturated heterocycles. The summed E-state index contributed by atoms with van der Waals surface area (Å²) in [6.07, 6.45) is 1.30. The first-order valence-corrected chi connectivity index (χ1v) is 10.8. The van der Waals surface area contributed by atoms with Gasteiger partial charge in [-0.15, -0.1) is 0 Å². The minimum Gasteiger partial charge on any atom is -0.455 e. The molecule has 1 unspecified atom stereocenters. The van der Waals surface area contributed by atoms with Gasteiger partial charge in [0.15, 0.2) is 5.75 Å². The number of aliphatic hydroxyl groups excluding tert-OH is 1. The summed E-state index contributed by atoms with van der Waals surface area (Å²) >= 11 is 0. The van der Waals surface area contributed by atoms with Crippen molar-refractivity contribution < 1.29 is 14.6 Å². The van der Waals surface area contributed by atoms with Crippen LogP contribution in [0.2, 0.25) is 0 Å². The van der Waals surface area contributed by atoms with Gasteiger partial charge in [-0.25, -0.2) is 0 Å². The standard InChI is InChI=1S/C26H28N2O3/c29-25(27-23-13-7-8-14-24(23)31-22-11-5-2-6-12-22)19-28-17-15-21(16-18-28)26(30)20-9-3-1-4-10-20/h1-14,21,26,30H,15-19H2,(H,27,29). The molecule has 1 aliphatic rings. The lowest BCUT2D eigenvalue weighted by molar-refractivity contribution is -0.117. The lowest BCUT2D eigenvalue weighted by Crippen LogP contribution is -2.40. The van der Waals surface area contributed by atoms with E-state index in [0.29, 0.717) is 18.0 Å². The second-order valence-corrected chi connectivity index (χ2v) is 7.93. The van der Waals surface area contributed by atoms with Gasteiger partial charge in [0, 0.05) is 0 Å². The molecule has 3 aromatic rings. The van der Waals surface area contributed by atoms with Crippen molar-refractivity contribution in [2.75, 3.05) is 25.0 Å². The van der Waals surface area contributed by atoms with Gasteiger partial charge in [0.1, 0.15) is 5.75 Å². The fourth-order valence-electron chi connectivity index (χ4n) is 4.02. The zero-order chi connectivity index (χ0) is 21.5. The lowest BCUT2D eigenvalue weighted by atomic mass is 9.87. The van der Waals surface area contributed by atoms with E-state index in [4.69, 9.17) is 4.74 Å². The smallest absolute Gasteiger partial charge is 0.238 e. The van der Waals surface area contributed by atoms with E-state index in [9.17, 15) is 9.90 Å². The Balaban J connectivity index is 1.29. The average molecular weight is 417 g/mol. The molecule has 5 nitrogen and oxygen atoms in total. The molecule has 2 N–H and O–H groups in total. The first-order chi connectivity index (χ1) is 15.2. The van der Waals surface area contributed by atoms with Crippen LogP contribution < -0.4 is 10.1 Å². The number of piperidine rings is 1. The van der Waals surface area contributed by atoms with E-state index in [1.807, 2.05) is 84.9 Å². The molecule has 5 heteroatoms. The van der Waals surface area contributed by atoms with E-state index >= 15 is 0 Å². The summed E-state index contributed by atoms with van der Waals surface area (Å²) in [5, 5.41) is 13.6. The number of hydrogen-bond donors (Lipinski definition) is 2. The number of para-hydroxylation sites is 3. The number of anilines is 1. The third-order valence-corrected chi connectivity index (χ3v) is 5.72. The molecule has 1 heterocycles. The lowest BCUT2D eigenvalue weighted by Gasteiger charge is -2.34. The van der Waals surface area contributed by atoms with E-state index < -0.39 is 6.10 Å². The van der Waals surface area contributed by atoms with Gasteiger partial charge in [-0.3, -0.25) is 9.69 Å². The van der Waals surface area contributed by atoms with Crippen LogP contribution in [0, 0.1) is 5.92 Å². The highest BCUT2D eigenvalue weighted by molar-refractivity contribution is 5.93. The summed E-state index contributed by atoms with van der Waals surface area (Å²) in [4.78, 5) is 14.8. The second-order valence-electron chi connectivity index (χ2n) is 7.93. The summed E-state index contributed by atoms with van der Waals surface area (Å²) < 4.78 is 5.93. The molecule has 1 aliphatic heterocycles. The van der Waals surface area contributed by atoms with Gasteiger partial charge in [-0.1, -0.05) is 60.7 Å². The molecular weight excluding hydrogens is 388 g/mol. The molecule has 1 atom stereocenters. The number of carbonyl (C=O) groups excluding carboxylic acids is 1. The van der Waals surface area contributed by atoms with Crippen LogP contribution in [0.25, 0.3) is 0 Å². The third kappa shape index (κ3) is 5.72. The number of amides is 1. The highest BCUT2D eigenvalue weighted by Crippen LogP contribution is 2.31. The number of aliphatic hydroxyl groups is 1. The molecular formula is C26H28N2O3. The Bertz CT molecular complexity index is 970. The fourth-order valence-corrected chi connectivity index (χ4v) is 4.02. The van der Waals surface area contributed by atoms with Crippen molar-refractivity contribution in [3.05, 3.63) is 90.5 Å². The highest BCUT2D eigenvalue weighted by Gasteiger charge is 2.27. The van der Waals surface area contributed by atoms with E-state index in [1.165, 1.54) is 0 Å². The van der Waals surface area contributed by atoms with E-state index in [2.05, 4.69) is 10.2 Å². The number of nitrogens with zero attached hydrogens (tertiary/aromatic N) is 1. The Hall–Kier alpha value is -3.15. The number of hydrogen-bond acceptors (Lipinski definition) is 4. The van der Waals surface area contributed by atoms with Crippen LogP contribution in [0.5, 0.6) is 11.5 Å². The van der Waals surface area contributed by atoms with Crippen molar-refractivity contribution in [2.45, 2.75) is 18.9 Å². The predicted molar refractivity (Wildman–Crippen MR) is 122 cm³/mol. The Morgan fingerprint density at radius 2 is 1.55 bits per heavy atom. The zero-order valence-electron chi connectivity index (χ0n) is 17.5. The number of benzene rings is 3. The number of likely N-dealkylation sites (tertiary alicyclic amines) is 1. The topological polar surface area (TPSA) is 61.8 Å². The average Bonchev–Trinajstić information content (AvgIpc) is 2.82. The van der Waals surface area contributed by atoms with Gasteiger partial charge < -0.3 is 15.2 Å². The SMILES string of the molecule is O=C(CN1CCC(C(O)c2ccccc2)CC1)Nc1ccccc1Oc1ccccc1. The number of rotatable bonds is 7. The molecule has 0 aliphatic carbocycles. The van der Waals surface area contributed by atoms with Crippen molar-refractivity contribution in [3.8, 4) is 11.5 Å². The highest BCUT2D eigenvalue weighted by atomic mass is 16.5. The van der Waals surface area contributed by atoms with Crippen LogP contribution >= 0.6 is 0 Å². The van der Waals surface area contributed by atoms with Gasteiger partial charge in [0.2, 0.25) is 5.91 Å². The summed E-state index contributed by atoms with van der Waals surface area (Å²) in [7, 11) is 0. The second kappa shape index (κ2) is 10.2. The molecule has 31 heavy (non-hydrogen) atoms. The number of carbonyl (C=O) groups is 1. The quantitative estimate of drug-likeness (QED) is 0.577. The van der Waals surface area contributed by atoms with Crippen LogP contribution in [-0.2, 0) is 4.79 Å². The summed E-state index contributed by atoms with van der Waals surface area (Å²) in [6.45, 7) is 1.92. The van der Waals surface area contributed by atoms with Crippen LogP contribution in [0.3, 0.4) is 0 Å². The number of ether oxygens (including phenoxy) is 1. The predicted octanol–water partition coefficient (Wildman–Crippen LogP) is 4.86. The largest absolute Gasteiger partial charge is 0.455 e. The van der Waals surface area contributed by atoms with Gasteiger partial charge in [0.25, 0.3) is 0 Å². The molecule has 0 saturated carbocycles.